The Morgan fingerprint density at radius 2 is 1.68 bits per heavy atom. The van der Waals surface area contributed by atoms with Gasteiger partial charge in [-0.1, -0.05) is 62.4 Å². The van der Waals surface area contributed by atoms with Gasteiger partial charge in [-0.25, -0.2) is 0 Å². The van der Waals surface area contributed by atoms with Crippen LogP contribution in [0.15, 0.2) is 54.6 Å². The van der Waals surface area contributed by atoms with Crippen molar-refractivity contribution >= 4 is 11.8 Å². The maximum Gasteiger partial charge on any atom is 0.252 e. The van der Waals surface area contributed by atoms with Crippen LogP contribution in [0.4, 0.5) is 0 Å². The van der Waals surface area contributed by atoms with Crippen molar-refractivity contribution in [3.05, 3.63) is 71.3 Å². The Kier molecular flexibility index (Phi) is 8.69. The lowest BCUT2D eigenvalue weighted by molar-refractivity contribution is -0.124. The monoisotopic (exact) mass is 382 g/mol. The van der Waals surface area contributed by atoms with Crippen LogP contribution in [0.5, 0.6) is 0 Å². The predicted octanol–water partition coefficient (Wildman–Crippen LogP) is 3.47. The average molecular weight is 383 g/mol. The van der Waals surface area contributed by atoms with Crippen LogP contribution in [-0.4, -0.2) is 31.0 Å². The van der Waals surface area contributed by atoms with Crippen molar-refractivity contribution in [3.63, 3.8) is 0 Å². The summed E-state index contributed by atoms with van der Waals surface area (Å²) in [5.41, 5.74) is 2.61. The molecule has 0 saturated carbocycles. The zero-order valence-electron chi connectivity index (χ0n) is 16.9. The van der Waals surface area contributed by atoms with E-state index in [0.29, 0.717) is 25.3 Å². The van der Waals surface area contributed by atoms with Gasteiger partial charge in [-0.05, 0) is 36.5 Å². The van der Waals surface area contributed by atoms with Gasteiger partial charge in [-0.3, -0.25) is 9.59 Å². The van der Waals surface area contributed by atoms with Crippen LogP contribution in [0.25, 0.3) is 0 Å². The minimum absolute atomic E-state index is 0.0118. The molecule has 5 nitrogen and oxygen atoms in total. The topological polar surface area (TPSA) is 67.4 Å². The van der Waals surface area contributed by atoms with Gasteiger partial charge in [-0.2, -0.15) is 0 Å². The van der Waals surface area contributed by atoms with E-state index in [1.807, 2.05) is 69.3 Å². The van der Waals surface area contributed by atoms with E-state index in [2.05, 4.69) is 10.6 Å². The summed E-state index contributed by atoms with van der Waals surface area (Å²) in [4.78, 5) is 25.0. The summed E-state index contributed by atoms with van der Waals surface area (Å²) in [5.74, 6) is -0.402. The second-order valence-electron chi connectivity index (χ2n) is 7.19. The molecular weight excluding hydrogens is 352 g/mol. The number of carbonyl (C=O) groups is 2. The first-order chi connectivity index (χ1) is 13.5. The molecule has 150 valence electrons. The minimum Gasteiger partial charge on any atom is -0.377 e. The molecule has 1 atom stereocenters. The highest BCUT2D eigenvalue weighted by atomic mass is 16.5. The van der Waals surface area contributed by atoms with E-state index in [9.17, 15) is 9.59 Å². The highest BCUT2D eigenvalue weighted by Crippen LogP contribution is 2.09. The van der Waals surface area contributed by atoms with Gasteiger partial charge in [0.2, 0.25) is 5.91 Å². The van der Waals surface area contributed by atoms with Gasteiger partial charge >= 0.3 is 0 Å². The maximum absolute atomic E-state index is 12.5. The summed E-state index contributed by atoms with van der Waals surface area (Å²) in [6.07, 6.45) is 0.717. The average Bonchev–Trinajstić information content (AvgIpc) is 2.69. The van der Waals surface area contributed by atoms with E-state index in [-0.39, 0.29) is 17.7 Å². The van der Waals surface area contributed by atoms with Crippen molar-refractivity contribution in [2.24, 2.45) is 5.92 Å². The van der Waals surface area contributed by atoms with Crippen molar-refractivity contribution in [2.45, 2.75) is 39.8 Å². The number of hydrogen-bond acceptors (Lipinski definition) is 3. The van der Waals surface area contributed by atoms with Gasteiger partial charge in [0.05, 0.1) is 6.61 Å². The third kappa shape index (κ3) is 6.82. The predicted molar refractivity (Wildman–Crippen MR) is 111 cm³/mol. The molecule has 0 aliphatic carbocycles. The fourth-order valence-electron chi connectivity index (χ4n) is 2.84. The van der Waals surface area contributed by atoms with E-state index >= 15 is 0 Å². The fourth-order valence-corrected chi connectivity index (χ4v) is 2.84. The Bertz CT molecular complexity index is 759. The molecule has 0 aromatic heterocycles. The second-order valence-corrected chi connectivity index (χ2v) is 7.19. The minimum atomic E-state index is -0.572. The zero-order chi connectivity index (χ0) is 20.4. The van der Waals surface area contributed by atoms with Crippen LogP contribution in [0, 0.1) is 12.8 Å². The maximum atomic E-state index is 12.5. The molecule has 2 aromatic rings. The Morgan fingerprint density at radius 1 is 1.00 bits per heavy atom. The molecule has 0 aliphatic rings. The summed E-state index contributed by atoms with van der Waals surface area (Å²) in [7, 11) is 0. The number of carbonyl (C=O) groups excluding carboxylic acids is 2. The highest BCUT2D eigenvalue weighted by Gasteiger charge is 2.24. The van der Waals surface area contributed by atoms with Crippen molar-refractivity contribution in [1.82, 2.24) is 10.6 Å². The van der Waals surface area contributed by atoms with Crippen LogP contribution in [0.1, 0.15) is 41.8 Å². The Balaban J connectivity index is 1.74. The number of hydrogen-bond donors (Lipinski definition) is 2. The largest absolute Gasteiger partial charge is 0.377 e. The SMILES string of the molecule is Cc1ccccc1C(=O)NC(C(=O)NCCCOCc1ccccc1)C(C)C. The van der Waals surface area contributed by atoms with E-state index in [1.165, 1.54) is 0 Å². The molecular formula is C23H30N2O3. The van der Waals surface area contributed by atoms with Gasteiger partial charge in [0, 0.05) is 18.7 Å². The van der Waals surface area contributed by atoms with Crippen LogP contribution in [0.2, 0.25) is 0 Å². The van der Waals surface area contributed by atoms with Gasteiger partial charge in [0.15, 0.2) is 0 Å². The number of ether oxygens (including phenoxy) is 1. The molecule has 0 radical (unpaired) electrons. The lowest BCUT2D eigenvalue weighted by Crippen LogP contribution is -2.50. The summed E-state index contributed by atoms with van der Waals surface area (Å²) >= 11 is 0. The molecule has 5 heteroatoms. The molecule has 0 bridgehead atoms. The van der Waals surface area contributed by atoms with Crippen LogP contribution >= 0.6 is 0 Å². The first-order valence-corrected chi connectivity index (χ1v) is 9.75. The highest BCUT2D eigenvalue weighted by molar-refractivity contribution is 5.98. The van der Waals surface area contributed by atoms with Crippen molar-refractivity contribution < 1.29 is 14.3 Å². The molecule has 0 fully saturated rings. The van der Waals surface area contributed by atoms with E-state index in [0.717, 1.165) is 17.5 Å². The van der Waals surface area contributed by atoms with Crippen molar-refractivity contribution in [2.75, 3.05) is 13.2 Å². The second kappa shape index (κ2) is 11.2. The quantitative estimate of drug-likeness (QED) is 0.618. The number of nitrogens with one attached hydrogen (secondary N) is 2. The summed E-state index contributed by atoms with van der Waals surface area (Å²) < 4.78 is 5.62. The van der Waals surface area contributed by atoms with Crippen LogP contribution < -0.4 is 10.6 Å². The van der Waals surface area contributed by atoms with Gasteiger partial charge < -0.3 is 15.4 Å². The zero-order valence-corrected chi connectivity index (χ0v) is 16.9. The standard InChI is InChI=1S/C23H30N2O3/c1-17(2)21(25-22(26)20-13-8-7-10-18(20)3)23(27)24-14-9-15-28-16-19-11-5-4-6-12-19/h4-8,10-13,17,21H,9,14-16H2,1-3H3,(H,24,27)(H,25,26). The van der Waals surface area contributed by atoms with E-state index in [4.69, 9.17) is 4.74 Å². The summed E-state index contributed by atoms with van der Waals surface area (Å²) in [6.45, 7) is 7.37. The molecule has 28 heavy (non-hydrogen) atoms. The third-order valence-corrected chi connectivity index (χ3v) is 4.50. The van der Waals surface area contributed by atoms with Crippen molar-refractivity contribution in [3.8, 4) is 0 Å². The van der Waals surface area contributed by atoms with Gasteiger partial charge in [0.25, 0.3) is 5.91 Å². The Morgan fingerprint density at radius 3 is 2.36 bits per heavy atom. The molecule has 2 amide bonds. The molecule has 2 rings (SSSR count). The Hall–Kier alpha value is -2.66. The molecule has 0 spiro atoms. The lowest BCUT2D eigenvalue weighted by atomic mass is 10.0. The molecule has 0 saturated heterocycles. The van der Waals surface area contributed by atoms with Gasteiger partial charge in [-0.15, -0.1) is 0 Å². The third-order valence-electron chi connectivity index (χ3n) is 4.50. The summed E-state index contributed by atoms with van der Waals surface area (Å²) in [5, 5.41) is 5.77. The number of amides is 2. The molecule has 2 N–H and O–H groups in total. The number of rotatable bonds is 10. The molecule has 0 heterocycles. The summed E-state index contributed by atoms with van der Waals surface area (Å²) in [6, 6.07) is 16.8. The molecule has 1 unspecified atom stereocenters. The van der Waals surface area contributed by atoms with Gasteiger partial charge in [0.1, 0.15) is 6.04 Å². The van der Waals surface area contributed by atoms with E-state index in [1.54, 1.807) is 6.07 Å². The molecule has 2 aromatic carbocycles. The number of benzene rings is 2. The number of aryl methyl sites for hydroxylation is 1. The molecule has 0 aliphatic heterocycles. The first-order valence-electron chi connectivity index (χ1n) is 9.75. The van der Waals surface area contributed by atoms with Crippen LogP contribution in [-0.2, 0) is 16.1 Å². The normalized spacial score (nSPS) is 11.9. The first kappa shape index (κ1) is 21.6. The van der Waals surface area contributed by atoms with E-state index < -0.39 is 6.04 Å². The smallest absolute Gasteiger partial charge is 0.252 e. The van der Waals surface area contributed by atoms with Crippen LogP contribution in [0.3, 0.4) is 0 Å². The fraction of sp³-hybridized carbons (Fsp3) is 0.391. The van der Waals surface area contributed by atoms with Crippen molar-refractivity contribution in [1.29, 1.82) is 0 Å². The lowest BCUT2D eigenvalue weighted by Gasteiger charge is -2.22. The Labute approximate surface area is 167 Å².